The number of aliphatic hydroxyl groups excluding tert-OH is 1. The van der Waals surface area contributed by atoms with Crippen LogP contribution in [0.5, 0.6) is 0 Å². The van der Waals surface area contributed by atoms with Gasteiger partial charge in [-0.25, -0.2) is 0 Å². The van der Waals surface area contributed by atoms with E-state index in [1.54, 1.807) is 0 Å². The van der Waals surface area contributed by atoms with Crippen LogP contribution in [0, 0.1) is 0 Å². The first-order valence-corrected chi connectivity index (χ1v) is 8.53. The largest absolute Gasteiger partial charge is 0.393 e. The lowest BCUT2D eigenvalue weighted by molar-refractivity contribution is 0.109. The fourth-order valence-electron chi connectivity index (χ4n) is 2.13. The van der Waals surface area contributed by atoms with Crippen molar-refractivity contribution >= 4 is 8.07 Å². The molecule has 1 aliphatic rings. The van der Waals surface area contributed by atoms with Crippen molar-refractivity contribution in [3.05, 3.63) is 0 Å². The van der Waals surface area contributed by atoms with Crippen molar-refractivity contribution in [2.24, 2.45) is 0 Å². The molecular formula is C10H22OSi. The molecule has 0 aromatic heterocycles. The lowest BCUT2D eigenvalue weighted by atomic mass is 9.87. The Bertz CT molecular complexity index is 162. The fraction of sp³-hybridized carbons (Fsp3) is 1.00. The van der Waals surface area contributed by atoms with Gasteiger partial charge < -0.3 is 5.11 Å². The number of aliphatic hydroxyl groups is 1. The van der Waals surface area contributed by atoms with E-state index in [0.29, 0.717) is 5.04 Å². The van der Waals surface area contributed by atoms with Crippen molar-refractivity contribution in [2.75, 3.05) is 0 Å². The molecule has 0 aliphatic heterocycles. The van der Waals surface area contributed by atoms with Crippen LogP contribution in [-0.4, -0.2) is 19.3 Å². The van der Waals surface area contributed by atoms with Crippen molar-refractivity contribution < 1.29 is 5.11 Å². The SMILES string of the molecule is CC1([Si](C)(C)C)CCCC(O)C1. The molecule has 0 aromatic carbocycles. The van der Waals surface area contributed by atoms with Crippen LogP contribution in [0.1, 0.15) is 32.6 Å². The minimum Gasteiger partial charge on any atom is -0.393 e. The average Bonchev–Trinajstić information content (AvgIpc) is 1.83. The van der Waals surface area contributed by atoms with Crippen LogP contribution in [-0.2, 0) is 0 Å². The highest BCUT2D eigenvalue weighted by molar-refractivity contribution is 6.79. The molecule has 1 aliphatic carbocycles. The van der Waals surface area contributed by atoms with Gasteiger partial charge in [-0.15, -0.1) is 0 Å². The molecule has 1 nitrogen and oxygen atoms in total. The molecule has 1 rings (SSSR count). The molecule has 0 amide bonds. The van der Waals surface area contributed by atoms with Gasteiger partial charge in [0.05, 0.1) is 14.2 Å². The van der Waals surface area contributed by atoms with Gasteiger partial charge in [-0.3, -0.25) is 0 Å². The van der Waals surface area contributed by atoms with Gasteiger partial charge in [0.15, 0.2) is 0 Å². The lowest BCUT2D eigenvalue weighted by Crippen LogP contribution is -2.42. The van der Waals surface area contributed by atoms with Gasteiger partial charge in [0.1, 0.15) is 0 Å². The highest BCUT2D eigenvalue weighted by Gasteiger charge is 2.41. The molecule has 0 heterocycles. The molecule has 2 heteroatoms. The summed E-state index contributed by atoms with van der Waals surface area (Å²) >= 11 is 0. The first kappa shape index (κ1) is 10.3. The summed E-state index contributed by atoms with van der Waals surface area (Å²) < 4.78 is 0. The predicted octanol–water partition coefficient (Wildman–Crippen LogP) is 3.02. The minimum absolute atomic E-state index is 0.0181. The van der Waals surface area contributed by atoms with Crippen LogP contribution in [0.25, 0.3) is 0 Å². The van der Waals surface area contributed by atoms with Crippen LogP contribution < -0.4 is 0 Å². The first-order valence-electron chi connectivity index (χ1n) is 5.03. The maximum absolute atomic E-state index is 9.63. The Morgan fingerprint density at radius 2 is 1.92 bits per heavy atom. The van der Waals surface area contributed by atoms with E-state index in [1.807, 2.05) is 0 Å². The zero-order valence-electron chi connectivity index (χ0n) is 8.85. The second-order valence-corrected chi connectivity index (χ2v) is 11.3. The Balaban J connectivity index is 2.70. The molecule has 0 saturated heterocycles. The highest BCUT2D eigenvalue weighted by atomic mass is 28.3. The topological polar surface area (TPSA) is 20.2 Å². The van der Waals surface area contributed by atoms with Gasteiger partial charge >= 0.3 is 0 Å². The zero-order chi connectivity index (χ0) is 9.41. The third-order valence-electron chi connectivity index (χ3n) is 3.76. The normalized spacial score (nSPS) is 38.2. The van der Waals surface area contributed by atoms with Gasteiger partial charge in [-0.05, 0) is 17.9 Å². The number of rotatable bonds is 1. The molecule has 12 heavy (non-hydrogen) atoms. The van der Waals surface area contributed by atoms with Crippen LogP contribution in [0.2, 0.25) is 24.7 Å². The standard InChI is InChI=1S/C10H22OSi/c1-10(12(2,3)4)7-5-6-9(11)8-10/h9,11H,5-8H2,1-4H3. The summed E-state index contributed by atoms with van der Waals surface area (Å²) in [5.74, 6) is 0. The summed E-state index contributed by atoms with van der Waals surface area (Å²) in [6, 6.07) is 0. The van der Waals surface area contributed by atoms with E-state index >= 15 is 0 Å². The Morgan fingerprint density at radius 1 is 1.33 bits per heavy atom. The molecule has 0 spiro atoms. The second-order valence-electron chi connectivity index (χ2n) is 5.56. The van der Waals surface area contributed by atoms with E-state index < -0.39 is 8.07 Å². The minimum atomic E-state index is -1.08. The number of hydrogen-bond acceptors (Lipinski definition) is 1. The summed E-state index contributed by atoms with van der Waals surface area (Å²) in [6.45, 7) is 9.64. The lowest BCUT2D eigenvalue weighted by Gasteiger charge is -2.45. The van der Waals surface area contributed by atoms with E-state index in [1.165, 1.54) is 12.8 Å². The Morgan fingerprint density at radius 3 is 2.25 bits per heavy atom. The first-order chi connectivity index (χ1) is 5.35. The van der Waals surface area contributed by atoms with E-state index in [2.05, 4.69) is 26.6 Å². The van der Waals surface area contributed by atoms with Crippen molar-refractivity contribution in [1.82, 2.24) is 0 Å². The molecular weight excluding hydrogens is 164 g/mol. The summed E-state index contributed by atoms with van der Waals surface area (Å²) in [4.78, 5) is 0. The Kier molecular flexibility index (Phi) is 2.69. The van der Waals surface area contributed by atoms with Crippen molar-refractivity contribution in [2.45, 2.75) is 63.4 Å². The molecule has 0 bridgehead atoms. The summed E-state index contributed by atoms with van der Waals surface area (Å²) in [5.41, 5.74) is 0. The summed E-state index contributed by atoms with van der Waals surface area (Å²) in [7, 11) is -1.08. The second kappa shape index (κ2) is 3.15. The molecule has 1 fully saturated rings. The van der Waals surface area contributed by atoms with Gasteiger partial charge in [0.25, 0.3) is 0 Å². The van der Waals surface area contributed by atoms with E-state index in [-0.39, 0.29) is 6.10 Å². The maximum Gasteiger partial charge on any atom is 0.0542 e. The molecule has 72 valence electrons. The van der Waals surface area contributed by atoms with Crippen LogP contribution in [0.15, 0.2) is 0 Å². The molecule has 1 saturated carbocycles. The predicted molar refractivity (Wildman–Crippen MR) is 56.2 cm³/mol. The number of hydrogen-bond donors (Lipinski definition) is 1. The van der Waals surface area contributed by atoms with Gasteiger partial charge in [-0.2, -0.15) is 0 Å². The average molecular weight is 186 g/mol. The summed E-state index contributed by atoms with van der Waals surface area (Å²) in [6.07, 6.45) is 4.61. The van der Waals surface area contributed by atoms with Crippen LogP contribution in [0.3, 0.4) is 0 Å². The third kappa shape index (κ3) is 1.91. The third-order valence-corrected chi connectivity index (χ3v) is 7.84. The molecule has 2 unspecified atom stereocenters. The van der Waals surface area contributed by atoms with E-state index in [4.69, 9.17) is 0 Å². The van der Waals surface area contributed by atoms with Crippen LogP contribution in [0.4, 0.5) is 0 Å². The van der Waals surface area contributed by atoms with E-state index in [9.17, 15) is 5.11 Å². The van der Waals surface area contributed by atoms with E-state index in [0.717, 1.165) is 12.8 Å². The van der Waals surface area contributed by atoms with Crippen molar-refractivity contribution in [3.63, 3.8) is 0 Å². The fourth-order valence-corrected chi connectivity index (χ4v) is 3.91. The molecule has 0 radical (unpaired) electrons. The molecule has 2 atom stereocenters. The smallest absolute Gasteiger partial charge is 0.0542 e. The van der Waals surface area contributed by atoms with Crippen molar-refractivity contribution in [1.29, 1.82) is 0 Å². The summed E-state index contributed by atoms with van der Waals surface area (Å²) in [5, 5.41) is 10.1. The van der Waals surface area contributed by atoms with Gasteiger partial charge in [0, 0.05) is 0 Å². The van der Waals surface area contributed by atoms with Gasteiger partial charge in [0.2, 0.25) is 0 Å². The van der Waals surface area contributed by atoms with Gasteiger partial charge in [-0.1, -0.05) is 39.4 Å². The highest BCUT2D eigenvalue weighted by Crippen LogP contribution is 2.49. The van der Waals surface area contributed by atoms with Crippen molar-refractivity contribution in [3.8, 4) is 0 Å². The molecule has 0 aromatic rings. The Hall–Kier alpha value is 0.177. The Labute approximate surface area is 77.2 Å². The maximum atomic E-state index is 9.63. The zero-order valence-corrected chi connectivity index (χ0v) is 9.85. The molecule has 1 N–H and O–H groups in total. The quantitative estimate of drug-likeness (QED) is 0.624. The van der Waals surface area contributed by atoms with Crippen LogP contribution >= 0.6 is 0 Å². The monoisotopic (exact) mass is 186 g/mol.